The maximum absolute atomic E-state index is 11.6. The average Bonchev–Trinajstić information content (AvgIpc) is 2.99. The lowest BCUT2D eigenvalue weighted by atomic mass is 9.85. The number of hydrogen-bond donors (Lipinski definition) is 2. The number of aromatic nitrogens is 3. The number of piperidine rings is 1. The zero-order chi connectivity index (χ0) is 29.5. The first-order valence-corrected chi connectivity index (χ1v) is 14.3. The van der Waals surface area contributed by atoms with Crippen molar-refractivity contribution in [2.24, 2.45) is 5.41 Å². The van der Waals surface area contributed by atoms with E-state index in [1.54, 1.807) is 20.0 Å². The highest BCUT2D eigenvalue weighted by Gasteiger charge is 2.27. The van der Waals surface area contributed by atoms with Crippen LogP contribution in [0.1, 0.15) is 39.2 Å². The minimum atomic E-state index is -0.855. The largest absolute Gasteiger partial charge is 0.490 e. The molecule has 4 aromatic rings. The maximum Gasteiger partial charge on any atom is 0.309 e. The molecule has 3 heterocycles. The van der Waals surface area contributed by atoms with Gasteiger partial charge < -0.3 is 24.8 Å². The second-order valence-corrected chi connectivity index (χ2v) is 11.0. The Morgan fingerprint density at radius 3 is 2.67 bits per heavy atom. The number of benzene rings is 2. The van der Waals surface area contributed by atoms with E-state index in [9.17, 15) is 9.90 Å². The lowest BCUT2D eigenvalue weighted by Gasteiger charge is -2.34. The van der Waals surface area contributed by atoms with Crippen LogP contribution in [0.5, 0.6) is 11.5 Å². The first-order valence-electron chi connectivity index (χ1n) is 14.3. The minimum Gasteiger partial charge on any atom is -0.490 e. The van der Waals surface area contributed by atoms with Gasteiger partial charge in [0.1, 0.15) is 17.7 Å². The van der Waals surface area contributed by atoms with Crippen molar-refractivity contribution in [3.8, 4) is 22.8 Å². The van der Waals surface area contributed by atoms with Crippen molar-refractivity contribution >= 4 is 23.6 Å². The molecule has 5 rings (SSSR count). The highest BCUT2D eigenvalue weighted by atomic mass is 16.5. The molecule has 0 unspecified atom stereocenters. The second kappa shape index (κ2) is 12.9. The van der Waals surface area contributed by atoms with Gasteiger partial charge in [-0.25, -0.2) is 9.97 Å². The van der Waals surface area contributed by atoms with Gasteiger partial charge in [-0.1, -0.05) is 36.4 Å². The number of para-hydroxylation sites is 2. The number of nitrogens with zero attached hydrogens (tertiary/aromatic N) is 4. The Kier molecular flexibility index (Phi) is 8.85. The zero-order valence-electron chi connectivity index (χ0n) is 24.3. The number of carboxylic acids is 1. The van der Waals surface area contributed by atoms with E-state index in [1.165, 1.54) is 0 Å². The molecule has 1 fully saturated rings. The Hall–Kier alpha value is -4.66. The summed E-state index contributed by atoms with van der Waals surface area (Å²) in [5, 5.41) is 12.8. The summed E-state index contributed by atoms with van der Waals surface area (Å²) in [6, 6.07) is 23.3. The number of aliphatic carboxylic acids is 1. The summed E-state index contributed by atoms with van der Waals surface area (Å²) in [5.74, 6) is 2.60. The van der Waals surface area contributed by atoms with Crippen molar-refractivity contribution in [2.45, 2.75) is 46.1 Å². The van der Waals surface area contributed by atoms with E-state index in [-0.39, 0.29) is 6.10 Å². The average molecular weight is 568 g/mol. The molecule has 2 aromatic heterocycles. The first kappa shape index (κ1) is 28.9. The van der Waals surface area contributed by atoms with E-state index < -0.39 is 11.4 Å². The van der Waals surface area contributed by atoms with E-state index in [0.29, 0.717) is 31.3 Å². The third-order valence-electron chi connectivity index (χ3n) is 7.22. The molecule has 1 atom stereocenters. The third-order valence-corrected chi connectivity index (χ3v) is 7.22. The highest BCUT2D eigenvalue weighted by Crippen LogP contribution is 2.30. The fraction of sp³-hybridized carbons (Fsp3) is 0.333. The predicted octanol–water partition coefficient (Wildman–Crippen LogP) is 6.38. The minimum absolute atomic E-state index is 0.0157. The van der Waals surface area contributed by atoms with Crippen molar-refractivity contribution < 1.29 is 19.4 Å². The van der Waals surface area contributed by atoms with Gasteiger partial charge in [-0.05, 0) is 82.0 Å². The molecule has 2 N–H and O–H groups in total. The molecule has 1 aliphatic heterocycles. The Labute approximate surface area is 246 Å². The molecule has 0 radical (unpaired) electrons. The quantitative estimate of drug-likeness (QED) is 0.213. The van der Waals surface area contributed by atoms with Crippen molar-refractivity contribution in [3.05, 3.63) is 84.6 Å². The van der Waals surface area contributed by atoms with Crippen LogP contribution < -0.4 is 19.7 Å². The summed E-state index contributed by atoms with van der Waals surface area (Å²) >= 11 is 0. The van der Waals surface area contributed by atoms with E-state index in [1.807, 2.05) is 79.7 Å². The van der Waals surface area contributed by atoms with Crippen LogP contribution in [-0.2, 0) is 11.2 Å². The smallest absolute Gasteiger partial charge is 0.309 e. The van der Waals surface area contributed by atoms with Gasteiger partial charge >= 0.3 is 5.97 Å². The molecule has 2 aromatic carbocycles. The van der Waals surface area contributed by atoms with Gasteiger partial charge in [-0.2, -0.15) is 4.98 Å². The standard InChI is InChI=1S/C33H37N5O4/c1-4-41-27-14-5-6-15-28(27)42-25-12-9-19-38(22-25)30-17-18-34-32(37-30)36-29-16-8-13-26(35-29)24-11-7-10-23(20-24)21-33(2,3)31(39)40/h5-8,10-11,13-18,20,25H,4,9,12,19,21-22H2,1-3H3,(H,39,40)(H,34,35,36,37)/t25-/m1/s1. The second-order valence-electron chi connectivity index (χ2n) is 11.0. The maximum atomic E-state index is 11.6. The fourth-order valence-electron chi connectivity index (χ4n) is 5.04. The number of nitrogens with one attached hydrogen (secondary N) is 1. The molecule has 0 saturated carbocycles. The Morgan fingerprint density at radius 2 is 1.86 bits per heavy atom. The Balaban J connectivity index is 1.27. The van der Waals surface area contributed by atoms with Gasteiger partial charge in [0.25, 0.3) is 0 Å². The summed E-state index contributed by atoms with van der Waals surface area (Å²) in [4.78, 5) is 27.8. The monoisotopic (exact) mass is 567 g/mol. The van der Waals surface area contributed by atoms with Gasteiger partial charge in [-0.3, -0.25) is 4.79 Å². The number of carbonyl (C=O) groups is 1. The molecule has 0 bridgehead atoms. The number of rotatable bonds is 11. The fourth-order valence-corrected chi connectivity index (χ4v) is 5.04. The summed E-state index contributed by atoms with van der Waals surface area (Å²) in [6.07, 6.45) is 4.13. The third kappa shape index (κ3) is 7.15. The van der Waals surface area contributed by atoms with Crippen LogP contribution in [0.15, 0.2) is 79.0 Å². The molecule has 0 aliphatic carbocycles. The van der Waals surface area contributed by atoms with Gasteiger partial charge in [0.2, 0.25) is 5.95 Å². The highest BCUT2D eigenvalue weighted by molar-refractivity contribution is 5.74. The molecule has 0 spiro atoms. The van der Waals surface area contributed by atoms with Crippen molar-refractivity contribution in [2.75, 3.05) is 29.9 Å². The lowest BCUT2D eigenvalue weighted by Crippen LogP contribution is -2.41. The van der Waals surface area contributed by atoms with E-state index in [0.717, 1.165) is 53.5 Å². The number of anilines is 3. The van der Waals surface area contributed by atoms with Gasteiger partial charge in [0, 0.05) is 18.3 Å². The van der Waals surface area contributed by atoms with E-state index in [4.69, 9.17) is 19.4 Å². The Bertz CT molecular complexity index is 1530. The van der Waals surface area contributed by atoms with Crippen LogP contribution >= 0.6 is 0 Å². The zero-order valence-corrected chi connectivity index (χ0v) is 24.3. The van der Waals surface area contributed by atoms with Crippen LogP contribution in [0.2, 0.25) is 0 Å². The molecule has 9 nitrogen and oxygen atoms in total. The number of carboxylic acid groups (broad SMARTS) is 1. The van der Waals surface area contributed by atoms with E-state index >= 15 is 0 Å². The molecule has 42 heavy (non-hydrogen) atoms. The summed E-state index contributed by atoms with van der Waals surface area (Å²) < 4.78 is 12.1. The summed E-state index contributed by atoms with van der Waals surface area (Å²) in [7, 11) is 0. The molecular formula is C33H37N5O4. The predicted molar refractivity (Wildman–Crippen MR) is 164 cm³/mol. The van der Waals surface area contributed by atoms with Gasteiger partial charge in [0.15, 0.2) is 11.5 Å². The molecular weight excluding hydrogens is 530 g/mol. The molecule has 218 valence electrons. The summed E-state index contributed by atoms with van der Waals surface area (Å²) in [6.45, 7) is 7.61. The van der Waals surface area contributed by atoms with Gasteiger partial charge in [-0.15, -0.1) is 0 Å². The van der Waals surface area contributed by atoms with E-state index in [2.05, 4.69) is 15.2 Å². The molecule has 1 aliphatic rings. The number of pyridine rings is 1. The van der Waals surface area contributed by atoms with Crippen molar-refractivity contribution in [1.29, 1.82) is 0 Å². The first-order chi connectivity index (χ1) is 20.3. The molecule has 9 heteroatoms. The SMILES string of the molecule is CCOc1ccccc1O[C@@H]1CCCN(c2ccnc(Nc3cccc(-c4cccc(CC(C)(C)C(=O)O)c4)n3)n2)C1. The number of ether oxygens (including phenoxy) is 2. The van der Waals surface area contributed by atoms with Crippen molar-refractivity contribution in [1.82, 2.24) is 15.0 Å². The normalized spacial score (nSPS) is 15.2. The molecule has 0 amide bonds. The topological polar surface area (TPSA) is 110 Å². The van der Waals surface area contributed by atoms with Gasteiger partial charge in [0.05, 0.1) is 24.3 Å². The summed E-state index contributed by atoms with van der Waals surface area (Å²) in [5.41, 5.74) is 1.78. The van der Waals surface area contributed by atoms with Crippen LogP contribution in [0, 0.1) is 5.41 Å². The van der Waals surface area contributed by atoms with Crippen LogP contribution in [-0.4, -0.2) is 51.8 Å². The lowest BCUT2D eigenvalue weighted by molar-refractivity contribution is -0.146. The van der Waals surface area contributed by atoms with Crippen molar-refractivity contribution in [3.63, 3.8) is 0 Å². The molecule has 1 saturated heterocycles. The van der Waals surface area contributed by atoms with Crippen LogP contribution in [0.3, 0.4) is 0 Å². The van der Waals surface area contributed by atoms with Crippen LogP contribution in [0.25, 0.3) is 11.3 Å². The van der Waals surface area contributed by atoms with Crippen LogP contribution in [0.4, 0.5) is 17.6 Å². The Morgan fingerprint density at radius 1 is 1.05 bits per heavy atom. The number of hydrogen-bond acceptors (Lipinski definition) is 8.